The summed E-state index contributed by atoms with van der Waals surface area (Å²) >= 11 is 0. The Morgan fingerprint density at radius 1 is 1.15 bits per heavy atom. The minimum atomic E-state index is -3.36. The van der Waals surface area contributed by atoms with Crippen LogP contribution >= 0.6 is 0 Å². The van der Waals surface area contributed by atoms with Crippen molar-refractivity contribution >= 4 is 15.7 Å². The van der Waals surface area contributed by atoms with Crippen molar-refractivity contribution in [2.45, 2.75) is 43.9 Å². The molecule has 2 N–H and O–H groups in total. The standard InChI is InChI=1S/C15H24N2O2S/c1-2-16-14-7-9-15(10-8-14)20(18,19)17-12-11-13-5-3-4-6-13/h7-10,13,16-17H,2-6,11-12H2,1H3. The fourth-order valence-corrected chi connectivity index (χ4v) is 3.78. The van der Waals surface area contributed by atoms with Gasteiger partial charge in [-0.3, -0.25) is 0 Å². The smallest absolute Gasteiger partial charge is 0.240 e. The average Bonchev–Trinajstić information content (AvgIpc) is 2.93. The van der Waals surface area contributed by atoms with Crippen LogP contribution in [0.1, 0.15) is 39.0 Å². The molecule has 0 radical (unpaired) electrons. The molecule has 0 aliphatic heterocycles. The minimum Gasteiger partial charge on any atom is -0.385 e. The summed E-state index contributed by atoms with van der Waals surface area (Å²) in [7, 11) is -3.36. The Bertz CT molecular complexity index is 505. The Labute approximate surface area is 122 Å². The lowest BCUT2D eigenvalue weighted by Crippen LogP contribution is -2.25. The quantitative estimate of drug-likeness (QED) is 0.813. The van der Waals surface area contributed by atoms with Crippen LogP contribution in [0.25, 0.3) is 0 Å². The number of sulfonamides is 1. The summed E-state index contributed by atoms with van der Waals surface area (Å²) in [4.78, 5) is 0.338. The Morgan fingerprint density at radius 2 is 1.80 bits per heavy atom. The zero-order chi connectivity index (χ0) is 14.4. The highest BCUT2D eigenvalue weighted by Crippen LogP contribution is 2.27. The first kappa shape index (κ1) is 15.3. The predicted molar refractivity (Wildman–Crippen MR) is 82.4 cm³/mol. The molecular formula is C15H24N2O2S. The van der Waals surface area contributed by atoms with Crippen molar-refractivity contribution in [3.8, 4) is 0 Å². The highest BCUT2D eigenvalue weighted by Gasteiger charge is 2.17. The van der Waals surface area contributed by atoms with Gasteiger partial charge in [-0.25, -0.2) is 13.1 Å². The molecule has 2 rings (SSSR count). The lowest BCUT2D eigenvalue weighted by atomic mass is 10.1. The molecule has 1 aliphatic carbocycles. The normalized spacial score (nSPS) is 16.4. The third kappa shape index (κ3) is 4.21. The molecule has 20 heavy (non-hydrogen) atoms. The molecule has 0 spiro atoms. The van der Waals surface area contributed by atoms with Gasteiger partial charge in [0, 0.05) is 18.8 Å². The third-order valence-corrected chi connectivity index (χ3v) is 5.34. The van der Waals surface area contributed by atoms with E-state index in [1.165, 1.54) is 25.7 Å². The molecule has 1 saturated carbocycles. The highest BCUT2D eigenvalue weighted by molar-refractivity contribution is 7.89. The number of nitrogens with one attached hydrogen (secondary N) is 2. The van der Waals surface area contributed by atoms with Crippen molar-refractivity contribution in [3.63, 3.8) is 0 Å². The number of hydrogen-bond donors (Lipinski definition) is 2. The molecule has 0 aromatic heterocycles. The Morgan fingerprint density at radius 3 is 2.40 bits per heavy atom. The molecule has 112 valence electrons. The van der Waals surface area contributed by atoms with Crippen LogP contribution in [0.4, 0.5) is 5.69 Å². The fraction of sp³-hybridized carbons (Fsp3) is 0.600. The van der Waals surface area contributed by atoms with E-state index in [-0.39, 0.29) is 0 Å². The van der Waals surface area contributed by atoms with Crippen LogP contribution in [0.3, 0.4) is 0 Å². The van der Waals surface area contributed by atoms with Gasteiger partial charge in [-0.15, -0.1) is 0 Å². The Hall–Kier alpha value is -1.07. The van der Waals surface area contributed by atoms with Gasteiger partial charge in [0.1, 0.15) is 0 Å². The van der Waals surface area contributed by atoms with E-state index in [1.807, 2.05) is 6.92 Å². The van der Waals surface area contributed by atoms with E-state index >= 15 is 0 Å². The number of rotatable bonds is 7. The molecule has 0 bridgehead atoms. The second kappa shape index (κ2) is 7.09. The lowest BCUT2D eigenvalue weighted by Gasteiger charge is -2.11. The van der Waals surface area contributed by atoms with Gasteiger partial charge in [0.15, 0.2) is 0 Å². The van der Waals surface area contributed by atoms with Gasteiger partial charge >= 0.3 is 0 Å². The molecule has 0 unspecified atom stereocenters. The summed E-state index contributed by atoms with van der Waals surface area (Å²) in [6.07, 6.45) is 6.04. The van der Waals surface area contributed by atoms with E-state index in [1.54, 1.807) is 24.3 Å². The van der Waals surface area contributed by atoms with Gasteiger partial charge in [0.25, 0.3) is 0 Å². The fourth-order valence-electron chi connectivity index (χ4n) is 2.74. The SMILES string of the molecule is CCNc1ccc(S(=O)(=O)NCCC2CCCC2)cc1. The molecular weight excluding hydrogens is 272 g/mol. The molecule has 0 amide bonds. The van der Waals surface area contributed by atoms with E-state index in [4.69, 9.17) is 0 Å². The van der Waals surface area contributed by atoms with Crippen LogP contribution in [0.15, 0.2) is 29.2 Å². The molecule has 1 aromatic rings. The van der Waals surface area contributed by atoms with E-state index in [0.29, 0.717) is 17.4 Å². The molecule has 5 heteroatoms. The second-order valence-corrected chi connectivity index (χ2v) is 7.16. The van der Waals surface area contributed by atoms with Gasteiger partial charge in [-0.05, 0) is 43.5 Å². The average molecular weight is 296 g/mol. The van der Waals surface area contributed by atoms with Crippen molar-refractivity contribution < 1.29 is 8.42 Å². The van der Waals surface area contributed by atoms with E-state index in [2.05, 4.69) is 10.0 Å². The molecule has 4 nitrogen and oxygen atoms in total. The topological polar surface area (TPSA) is 58.2 Å². The van der Waals surface area contributed by atoms with Gasteiger partial charge in [0.05, 0.1) is 4.90 Å². The Kier molecular flexibility index (Phi) is 5.43. The number of hydrogen-bond acceptors (Lipinski definition) is 3. The first-order valence-electron chi connectivity index (χ1n) is 7.45. The van der Waals surface area contributed by atoms with Crippen LogP contribution in [0.2, 0.25) is 0 Å². The summed E-state index contributed by atoms with van der Waals surface area (Å²) in [5, 5.41) is 3.15. The largest absolute Gasteiger partial charge is 0.385 e. The van der Waals surface area contributed by atoms with Crippen LogP contribution in [-0.2, 0) is 10.0 Å². The number of anilines is 1. The predicted octanol–water partition coefficient (Wildman–Crippen LogP) is 2.98. The summed E-state index contributed by atoms with van der Waals surface area (Å²) in [5.41, 5.74) is 0.942. The minimum absolute atomic E-state index is 0.338. The maximum absolute atomic E-state index is 12.1. The maximum Gasteiger partial charge on any atom is 0.240 e. The third-order valence-electron chi connectivity index (χ3n) is 3.86. The van der Waals surface area contributed by atoms with E-state index < -0.39 is 10.0 Å². The molecule has 0 heterocycles. The highest BCUT2D eigenvalue weighted by atomic mass is 32.2. The van der Waals surface area contributed by atoms with Crippen molar-refractivity contribution in [2.24, 2.45) is 5.92 Å². The van der Waals surface area contributed by atoms with E-state index in [0.717, 1.165) is 18.7 Å². The molecule has 1 aromatic carbocycles. The van der Waals surface area contributed by atoms with Crippen LogP contribution in [0.5, 0.6) is 0 Å². The molecule has 0 atom stereocenters. The van der Waals surface area contributed by atoms with Gasteiger partial charge in [-0.1, -0.05) is 25.7 Å². The van der Waals surface area contributed by atoms with Gasteiger partial charge in [0.2, 0.25) is 10.0 Å². The summed E-state index contributed by atoms with van der Waals surface area (Å²) in [5.74, 6) is 0.703. The Balaban J connectivity index is 1.88. The zero-order valence-corrected chi connectivity index (χ0v) is 12.9. The first-order valence-corrected chi connectivity index (χ1v) is 8.94. The van der Waals surface area contributed by atoms with Crippen LogP contribution in [0, 0.1) is 5.92 Å². The van der Waals surface area contributed by atoms with Crippen LogP contribution in [-0.4, -0.2) is 21.5 Å². The summed E-state index contributed by atoms with van der Waals surface area (Å²) < 4.78 is 27.0. The lowest BCUT2D eigenvalue weighted by molar-refractivity contribution is 0.495. The first-order chi connectivity index (χ1) is 9.62. The summed E-state index contributed by atoms with van der Waals surface area (Å²) in [6.45, 7) is 3.38. The van der Waals surface area contributed by atoms with Crippen molar-refractivity contribution in [1.82, 2.24) is 4.72 Å². The summed E-state index contributed by atoms with van der Waals surface area (Å²) in [6, 6.07) is 6.90. The monoisotopic (exact) mass is 296 g/mol. The molecule has 0 saturated heterocycles. The van der Waals surface area contributed by atoms with Crippen molar-refractivity contribution in [1.29, 1.82) is 0 Å². The molecule has 1 aliphatic rings. The van der Waals surface area contributed by atoms with Gasteiger partial charge in [-0.2, -0.15) is 0 Å². The van der Waals surface area contributed by atoms with Crippen molar-refractivity contribution in [3.05, 3.63) is 24.3 Å². The second-order valence-electron chi connectivity index (χ2n) is 5.39. The molecule has 1 fully saturated rings. The zero-order valence-electron chi connectivity index (χ0n) is 12.1. The maximum atomic E-state index is 12.1. The van der Waals surface area contributed by atoms with E-state index in [9.17, 15) is 8.42 Å². The van der Waals surface area contributed by atoms with Crippen LogP contribution < -0.4 is 10.0 Å². The number of benzene rings is 1. The van der Waals surface area contributed by atoms with Crippen molar-refractivity contribution in [2.75, 3.05) is 18.4 Å². The van der Waals surface area contributed by atoms with Gasteiger partial charge < -0.3 is 5.32 Å².